The highest BCUT2D eigenvalue weighted by atomic mass is 28.4. The predicted molar refractivity (Wildman–Crippen MR) is 638 cm³/mol. The highest BCUT2D eigenvalue weighted by Gasteiger charge is 2.57. The first kappa shape index (κ1) is 132. The zero-order valence-electron chi connectivity index (χ0n) is 99.0. The van der Waals surface area contributed by atoms with Gasteiger partial charge in [0.25, 0.3) is 0 Å². The van der Waals surface area contributed by atoms with Crippen LogP contribution in [0.3, 0.4) is 0 Å². The number of esters is 1. The van der Waals surface area contributed by atoms with Gasteiger partial charge in [0.1, 0.15) is 25.9 Å². The number of alkyl carbamates (subject to hydrolysis) is 1. The highest BCUT2D eigenvalue weighted by Crippen LogP contribution is 2.49. The summed E-state index contributed by atoms with van der Waals surface area (Å²) in [6.45, 7) is 71.2. The van der Waals surface area contributed by atoms with E-state index in [2.05, 4.69) is 311 Å². The first-order chi connectivity index (χ1) is 70.5. The van der Waals surface area contributed by atoms with Crippen LogP contribution >= 0.6 is 0 Å². The second kappa shape index (κ2) is 65.5. The van der Waals surface area contributed by atoms with E-state index in [-0.39, 0.29) is 61.5 Å². The molecule has 19 atom stereocenters. The Kier molecular flexibility index (Phi) is 58.7. The zero-order chi connectivity index (χ0) is 109. The largest absolute Gasteiger partial charge is 0.462 e. The molecule has 0 saturated carbocycles. The molecule has 1 N–H and O–H groups in total. The SMILES string of the molecule is CC[Si](CC)(CC)O[C@@H]1CC[C@@H](O[Si](CC)(CC)CC)[C@H](O[Si](CC)(CC)CC)C[C@H](O[Si](CC)(CC)CC)C[C@]2(OC)C[C@H](O[Si](CC)(CC)CC)[C@@H](/C=N\OC)[C@H](C[C@@H](O[C@@H]3O[C@H](C)[C@@H](O[Si](CC)(CC)CC)[C@H](NC(=O)OCC4c5ccccc5-c5ccccc54)[C@@H]3O[Si](CC)(CC)CC)C=CC=CC=CC=CC=CC=CC=C[C@H](C)[C@@H](O[Si](CC)(CC)CC)[C@@H](C)[C@H](C)OC(=O)C[C@H](O[Si](CC)(CC)CC)C1)O2. The molecule has 6 rings (SSSR count). The van der Waals surface area contributed by atoms with E-state index in [1.165, 1.54) is 0 Å². The van der Waals surface area contributed by atoms with Crippen molar-refractivity contribution in [2.24, 2.45) is 22.9 Å². The molecule has 3 heterocycles. The number of amides is 1. The average Bonchev–Trinajstić information content (AvgIpc) is 1.60. The van der Waals surface area contributed by atoms with E-state index in [4.69, 9.17) is 78.2 Å². The Morgan fingerprint density at radius 1 is 0.401 bits per heavy atom. The molecule has 147 heavy (non-hydrogen) atoms. The Labute approximate surface area is 906 Å². The van der Waals surface area contributed by atoms with Gasteiger partial charge in [-0.25, -0.2) is 4.79 Å². The molecule has 840 valence electrons. The fourth-order valence-electron chi connectivity index (χ4n) is 24.0. The number of hydrogen-bond acceptors (Lipinski definition) is 19. The van der Waals surface area contributed by atoms with E-state index < -0.39 is 166 Å². The van der Waals surface area contributed by atoms with Gasteiger partial charge in [0.05, 0.1) is 79.7 Å². The maximum atomic E-state index is 15.6. The Morgan fingerprint density at radius 3 is 1.20 bits per heavy atom. The number of rotatable bonds is 53. The summed E-state index contributed by atoms with van der Waals surface area (Å²) >= 11 is 0. The van der Waals surface area contributed by atoms with Crippen molar-refractivity contribution in [3.8, 4) is 11.1 Å². The van der Waals surface area contributed by atoms with E-state index in [0.717, 1.165) is 185 Å². The van der Waals surface area contributed by atoms with E-state index in [1.54, 1.807) is 7.11 Å². The summed E-state index contributed by atoms with van der Waals surface area (Å²) in [5.41, 5.74) is 4.57. The van der Waals surface area contributed by atoms with Crippen molar-refractivity contribution in [3.05, 3.63) is 145 Å². The van der Waals surface area contributed by atoms with Crippen molar-refractivity contribution in [3.63, 3.8) is 0 Å². The van der Waals surface area contributed by atoms with Crippen molar-refractivity contribution in [1.29, 1.82) is 0 Å². The zero-order valence-corrected chi connectivity index (χ0v) is 108. The number of ether oxygens (including phenoxy) is 6. The molecule has 1 aliphatic carbocycles. The van der Waals surface area contributed by atoms with Crippen molar-refractivity contribution >= 4 is 93.1 Å². The second-order valence-corrected chi connectivity index (χ2v) is 85.8. The molecular weight excluding hydrogens is 1990 g/mol. The van der Waals surface area contributed by atoms with E-state index >= 15 is 9.59 Å². The fourth-order valence-corrected chi connectivity index (χ4v) is 50.2. The van der Waals surface area contributed by atoms with Gasteiger partial charge >= 0.3 is 12.1 Å². The Hall–Kier alpha value is -3.74. The van der Waals surface area contributed by atoms with Crippen LogP contribution in [-0.2, 0) is 77.9 Å². The maximum absolute atomic E-state index is 15.6. The predicted octanol–water partition coefficient (Wildman–Crippen LogP) is 32.8. The fraction of sp³-hybridized carbons (Fsp3) is 0.754. The van der Waals surface area contributed by atoms with Crippen LogP contribution in [0.5, 0.6) is 0 Å². The van der Waals surface area contributed by atoms with Crippen LogP contribution < -0.4 is 5.32 Å². The number of allylic oxidation sites excluding steroid dienone is 12. The molecule has 3 aliphatic heterocycles. The highest BCUT2D eigenvalue weighted by molar-refractivity contribution is 6.77. The molecule has 20 nitrogen and oxygen atoms in total. The lowest BCUT2D eigenvalue weighted by atomic mass is 9.83. The Bertz CT molecular complexity index is 4170. The number of nitrogens with zero attached hydrogens (tertiary/aromatic N) is 1. The number of methoxy groups -OCH3 is 1. The molecule has 1 amide bonds. The van der Waals surface area contributed by atoms with Crippen molar-refractivity contribution < 1.29 is 82.7 Å². The van der Waals surface area contributed by atoms with E-state index in [1.807, 2.05) is 55.9 Å². The summed E-state index contributed by atoms with van der Waals surface area (Å²) in [6, 6.07) is 41.0. The van der Waals surface area contributed by atoms with Crippen LogP contribution in [0.15, 0.2) is 139 Å². The van der Waals surface area contributed by atoms with E-state index in [0.29, 0.717) is 38.5 Å². The van der Waals surface area contributed by atoms with Gasteiger partial charge in [-0.2, -0.15) is 0 Å². The summed E-state index contributed by atoms with van der Waals surface area (Å²) in [5.74, 6) is -2.37. The van der Waals surface area contributed by atoms with Crippen LogP contribution in [0, 0.1) is 17.8 Å². The summed E-state index contributed by atoms with van der Waals surface area (Å²) < 4.78 is 118. The lowest BCUT2D eigenvalue weighted by molar-refractivity contribution is -0.310. The minimum absolute atomic E-state index is 0.0132. The molecule has 0 radical (unpaired) electrons. The molecule has 4 aliphatic rings. The summed E-state index contributed by atoms with van der Waals surface area (Å²) in [6.07, 6.45) is 26.1. The molecule has 0 spiro atoms. The molecule has 29 heteroatoms. The monoisotopic (exact) mass is 2200 g/mol. The minimum atomic E-state index is -2.69. The number of carbonyl (C=O) groups is 2. The van der Waals surface area contributed by atoms with Crippen LogP contribution in [0.2, 0.25) is 163 Å². The van der Waals surface area contributed by atoms with Crippen LogP contribution in [0.1, 0.15) is 283 Å². The Balaban J connectivity index is 1.76. The third-order valence-electron chi connectivity index (χ3n) is 36.8. The quantitative estimate of drug-likeness (QED) is 0.0283. The summed E-state index contributed by atoms with van der Waals surface area (Å²) in [4.78, 5) is 37.0. The summed E-state index contributed by atoms with van der Waals surface area (Å²) in [7, 11) is -19.0. The molecule has 2 bridgehead atoms. The number of fused-ring (bicyclic) bond motifs is 5. The summed E-state index contributed by atoms with van der Waals surface area (Å²) in [5, 5.41) is 8.33. The Morgan fingerprint density at radius 2 is 0.776 bits per heavy atom. The third kappa shape index (κ3) is 36.4. The number of benzene rings is 2. The molecular formula is C118H214N2O18Si9. The van der Waals surface area contributed by atoms with Gasteiger partial charge in [0, 0.05) is 50.2 Å². The van der Waals surface area contributed by atoms with Gasteiger partial charge in [0.2, 0.25) is 0 Å². The smallest absolute Gasteiger partial charge is 0.407 e. The van der Waals surface area contributed by atoms with Crippen LogP contribution in [0.4, 0.5) is 4.79 Å². The molecule has 2 saturated heterocycles. The number of carbonyl (C=O) groups excluding carboxylic acids is 2. The van der Waals surface area contributed by atoms with Gasteiger partial charge in [-0.1, -0.05) is 340 Å². The topological polar surface area (TPSA) is 206 Å². The van der Waals surface area contributed by atoms with Gasteiger partial charge in [0.15, 0.2) is 86.9 Å². The van der Waals surface area contributed by atoms with Gasteiger partial charge in [-0.3, -0.25) is 4.79 Å². The minimum Gasteiger partial charge on any atom is -0.462 e. The van der Waals surface area contributed by atoms with Crippen molar-refractivity contribution in [2.45, 2.75) is 533 Å². The molecule has 2 aromatic carbocycles. The average molecular weight is 2200 g/mol. The first-order valence-electron chi connectivity index (χ1n) is 59.2. The molecule has 2 aromatic rings. The number of nitrogens with one attached hydrogen (secondary N) is 1. The first-order valence-corrected chi connectivity index (χ1v) is 82.0. The van der Waals surface area contributed by atoms with E-state index in [9.17, 15) is 0 Å². The maximum Gasteiger partial charge on any atom is 0.407 e. The second-order valence-electron chi connectivity index (χ2n) is 43.3. The normalized spacial score (nSPS) is 26.7. The van der Waals surface area contributed by atoms with Gasteiger partial charge in [-0.15, -0.1) is 0 Å². The standard InChI is InChI=1S/C118H214N2O18Si9/c1-34-139(35-2,36-3)130-98-83-84-107(133-142(43-10,44-11)45-12)109(134-143(46-13,47-14)48-15)87-100(132-141(40-7,41-8)42-9)89-118(123-32)90-110(135-144(49-16,50-17)51-18)105(91-119-124-33)108(129-118)86-97(78-72-70-68-66-64-62-61-63-65-67-69-71-77-93(28)113(136-145(52-19,53-20)54-21)94(29)95(30)126-111(121)88-99(85-98)131-140(37-4,38-5)39-6)128-116-115(138-147(58-25,59-26)60-27)112(114(96(31)127-116)137-146(55-22,56-23)57-24)120-117(122)125-92-106-103-81-75-73-79-101(103)102-80-74-76-82-104(102)106/h61-82,91,93-100,105-110,112-116H,34-60,83-90,92H2,1-33H3,(H,120,122)/b62-61?,65-63?,66-64?,69-67?,70-68?,77-71?,78-72?,119-91-/t93-,94-,95-,96+,97-,98+,99+,100-,105-,107+,108-,109+,110-,112-,113+,114+,115-,116-,118+/m0/s1. The van der Waals surface area contributed by atoms with Gasteiger partial charge < -0.3 is 78.4 Å². The lowest BCUT2D eigenvalue weighted by Gasteiger charge is -2.52. The van der Waals surface area contributed by atoms with Crippen LogP contribution in [-0.4, -0.2) is 211 Å². The lowest BCUT2D eigenvalue weighted by Crippen LogP contribution is -2.69. The molecule has 2 fully saturated rings. The van der Waals surface area contributed by atoms with Crippen molar-refractivity contribution in [1.82, 2.24) is 5.32 Å². The molecule has 0 unspecified atom stereocenters. The third-order valence-corrected chi connectivity index (χ3v) is 78.9. The number of oxime groups is 1. The number of hydrogen-bond donors (Lipinski definition) is 1. The van der Waals surface area contributed by atoms with Gasteiger partial charge in [-0.05, 0) is 231 Å². The van der Waals surface area contributed by atoms with Crippen LogP contribution in [0.25, 0.3) is 11.1 Å². The van der Waals surface area contributed by atoms with Crippen molar-refractivity contribution in [2.75, 3.05) is 20.8 Å². The number of cyclic esters (lactones) is 1. The molecule has 0 aromatic heterocycles.